The summed E-state index contributed by atoms with van der Waals surface area (Å²) in [5.74, 6) is -0.170. The van der Waals surface area contributed by atoms with Crippen LogP contribution in [0.5, 0.6) is 0 Å². The molecular weight excluding hydrogens is 278 g/mol. The molecule has 0 saturated carbocycles. The van der Waals surface area contributed by atoms with Crippen molar-refractivity contribution in [2.24, 2.45) is 5.92 Å². The predicted molar refractivity (Wildman–Crippen MR) is 78.9 cm³/mol. The molecule has 0 radical (unpaired) electrons. The molecule has 1 heterocycles. The van der Waals surface area contributed by atoms with Gasteiger partial charge in [-0.05, 0) is 30.2 Å². The Hall–Kier alpha value is -1.81. The summed E-state index contributed by atoms with van der Waals surface area (Å²) in [6, 6.07) is 4.87. The number of carbonyl (C=O) groups excluding carboxylic acids is 1. The van der Waals surface area contributed by atoms with Gasteiger partial charge in [0.25, 0.3) is 0 Å². The average Bonchev–Trinajstić information content (AvgIpc) is 2.37. The third kappa shape index (κ3) is 3.02. The quantitative estimate of drug-likeness (QED) is 0.885. The summed E-state index contributed by atoms with van der Waals surface area (Å²) < 4.78 is 5.17. The number of carbonyl (C=O) groups is 1. The fraction of sp³-hybridized carbons (Fsp3) is 0.333. The summed E-state index contributed by atoms with van der Waals surface area (Å²) in [7, 11) is 0. The Morgan fingerprint density at radius 1 is 1.35 bits per heavy atom. The van der Waals surface area contributed by atoms with Gasteiger partial charge in [-0.15, -0.1) is 0 Å². The lowest BCUT2D eigenvalue weighted by molar-refractivity contribution is -0.124. The van der Waals surface area contributed by atoms with E-state index in [-0.39, 0.29) is 18.4 Å². The van der Waals surface area contributed by atoms with E-state index in [1.54, 1.807) is 12.1 Å². The molecule has 20 heavy (non-hydrogen) atoms. The highest BCUT2D eigenvalue weighted by molar-refractivity contribution is 6.32. The van der Waals surface area contributed by atoms with E-state index >= 15 is 0 Å². The monoisotopic (exact) mass is 293 g/mol. The van der Waals surface area contributed by atoms with Crippen LogP contribution in [0.3, 0.4) is 0 Å². The van der Waals surface area contributed by atoms with Gasteiger partial charge in [0.15, 0.2) is 0 Å². The molecule has 2 rings (SSSR count). The second kappa shape index (κ2) is 5.67. The standard InChI is InChI=1S/C15H16ClNO3/c1-8(2)15(19)17-7-10-5-14(18)20-13-4-9(3)12(16)6-11(10)13/h4-6,8H,7H2,1-3H3,(H,17,19). The first-order valence-corrected chi connectivity index (χ1v) is 6.77. The molecule has 1 N–H and O–H groups in total. The fourth-order valence-electron chi connectivity index (χ4n) is 1.88. The highest BCUT2D eigenvalue weighted by Gasteiger charge is 2.11. The van der Waals surface area contributed by atoms with Gasteiger partial charge in [-0.3, -0.25) is 4.79 Å². The second-order valence-corrected chi connectivity index (χ2v) is 5.47. The van der Waals surface area contributed by atoms with E-state index in [0.717, 1.165) is 10.9 Å². The van der Waals surface area contributed by atoms with Crippen LogP contribution in [0.25, 0.3) is 11.0 Å². The number of benzene rings is 1. The van der Waals surface area contributed by atoms with Gasteiger partial charge in [-0.25, -0.2) is 4.79 Å². The van der Waals surface area contributed by atoms with Crippen LogP contribution in [-0.2, 0) is 11.3 Å². The summed E-state index contributed by atoms with van der Waals surface area (Å²) in [4.78, 5) is 23.2. The molecule has 106 valence electrons. The molecule has 1 aromatic heterocycles. The Morgan fingerprint density at radius 2 is 2.05 bits per heavy atom. The summed E-state index contributed by atoms with van der Waals surface area (Å²) >= 11 is 6.11. The number of rotatable bonds is 3. The number of aryl methyl sites for hydroxylation is 1. The van der Waals surface area contributed by atoms with Crippen molar-refractivity contribution in [3.8, 4) is 0 Å². The first-order valence-electron chi connectivity index (χ1n) is 6.39. The molecule has 0 atom stereocenters. The highest BCUT2D eigenvalue weighted by atomic mass is 35.5. The van der Waals surface area contributed by atoms with E-state index in [1.807, 2.05) is 20.8 Å². The number of nitrogens with one attached hydrogen (secondary N) is 1. The third-order valence-electron chi connectivity index (χ3n) is 3.09. The number of fused-ring (bicyclic) bond motifs is 1. The van der Waals surface area contributed by atoms with Gasteiger partial charge in [0.05, 0.1) is 0 Å². The lowest BCUT2D eigenvalue weighted by Crippen LogP contribution is -2.27. The van der Waals surface area contributed by atoms with Gasteiger partial charge < -0.3 is 9.73 Å². The zero-order valence-corrected chi connectivity index (χ0v) is 12.4. The Balaban J connectivity index is 2.44. The summed E-state index contributed by atoms with van der Waals surface area (Å²) in [5, 5.41) is 4.13. The van der Waals surface area contributed by atoms with E-state index in [9.17, 15) is 9.59 Å². The number of amides is 1. The highest BCUT2D eigenvalue weighted by Crippen LogP contribution is 2.25. The van der Waals surface area contributed by atoms with Crippen LogP contribution in [0.15, 0.2) is 27.4 Å². The van der Waals surface area contributed by atoms with Crippen LogP contribution >= 0.6 is 11.6 Å². The molecule has 1 aromatic carbocycles. The van der Waals surface area contributed by atoms with Crippen molar-refractivity contribution in [2.75, 3.05) is 0 Å². The summed E-state index contributed by atoms with van der Waals surface area (Å²) in [6.45, 7) is 5.74. The van der Waals surface area contributed by atoms with E-state index < -0.39 is 5.63 Å². The molecule has 0 fully saturated rings. The Bertz CT molecular complexity index is 719. The lowest BCUT2D eigenvalue weighted by atomic mass is 10.1. The van der Waals surface area contributed by atoms with Gasteiger partial charge >= 0.3 is 5.63 Å². The molecular formula is C15H16ClNO3. The normalized spacial score (nSPS) is 11.1. The SMILES string of the molecule is Cc1cc2oc(=O)cc(CNC(=O)C(C)C)c2cc1Cl. The van der Waals surface area contributed by atoms with Gasteiger partial charge in [-0.1, -0.05) is 25.4 Å². The minimum Gasteiger partial charge on any atom is -0.423 e. The molecule has 4 nitrogen and oxygen atoms in total. The molecule has 0 aliphatic carbocycles. The topological polar surface area (TPSA) is 59.3 Å². The maximum atomic E-state index is 11.6. The molecule has 0 bridgehead atoms. The zero-order chi connectivity index (χ0) is 14.9. The largest absolute Gasteiger partial charge is 0.423 e. The van der Waals surface area contributed by atoms with Crippen molar-refractivity contribution < 1.29 is 9.21 Å². The van der Waals surface area contributed by atoms with E-state index in [0.29, 0.717) is 16.2 Å². The van der Waals surface area contributed by atoms with Crippen molar-refractivity contribution in [3.63, 3.8) is 0 Å². The molecule has 5 heteroatoms. The number of hydrogen-bond acceptors (Lipinski definition) is 3. The maximum absolute atomic E-state index is 11.6. The van der Waals surface area contributed by atoms with Crippen LogP contribution in [0, 0.1) is 12.8 Å². The Kier molecular flexibility index (Phi) is 4.14. The molecule has 0 saturated heterocycles. The van der Waals surface area contributed by atoms with E-state index in [4.69, 9.17) is 16.0 Å². The molecule has 0 aliphatic heterocycles. The predicted octanol–water partition coefficient (Wildman–Crippen LogP) is 3.03. The first kappa shape index (κ1) is 14.6. The fourth-order valence-corrected chi connectivity index (χ4v) is 2.04. The number of hydrogen-bond donors (Lipinski definition) is 1. The smallest absolute Gasteiger partial charge is 0.336 e. The van der Waals surface area contributed by atoms with Crippen LogP contribution in [-0.4, -0.2) is 5.91 Å². The lowest BCUT2D eigenvalue weighted by Gasteiger charge is -2.10. The van der Waals surface area contributed by atoms with Gasteiger partial charge in [0.1, 0.15) is 5.58 Å². The summed E-state index contributed by atoms with van der Waals surface area (Å²) in [5.41, 5.74) is 1.58. The van der Waals surface area contributed by atoms with Gasteiger partial charge in [-0.2, -0.15) is 0 Å². The molecule has 0 spiro atoms. The van der Waals surface area contributed by atoms with E-state index in [2.05, 4.69) is 5.32 Å². The maximum Gasteiger partial charge on any atom is 0.336 e. The van der Waals surface area contributed by atoms with Crippen molar-refractivity contribution in [1.82, 2.24) is 5.32 Å². The van der Waals surface area contributed by atoms with Gasteiger partial charge in [0.2, 0.25) is 5.91 Å². The van der Waals surface area contributed by atoms with E-state index in [1.165, 1.54) is 6.07 Å². The second-order valence-electron chi connectivity index (χ2n) is 5.06. The van der Waals surface area contributed by atoms with Crippen molar-refractivity contribution >= 4 is 28.5 Å². The zero-order valence-electron chi connectivity index (χ0n) is 11.6. The van der Waals surface area contributed by atoms with Crippen molar-refractivity contribution in [1.29, 1.82) is 0 Å². The molecule has 0 unspecified atom stereocenters. The van der Waals surface area contributed by atoms with Crippen molar-refractivity contribution in [3.05, 3.63) is 44.8 Å². The first-order chi connectivity index (χ1) is 9.38. The van der Waals surface area contributed by atoms with Gasteiger partial charge in [0, 0.05) is 28.9 Å². The Labute approximate surface area is 121 Å². The van der Waals surface area contributed by atoms with Crippen LogP contribution in [0.2, 0.25) is 5.02 Å². The third-order valence-corrected chi connectivity index (χ3v) is 3.49. The molecule has 2 aromatic rings. The van der Waals surface area contributed by atoms with Crippen molar-refractivity contribution in [2.45, 2.75) is 27.3 Å². The summed E-state index contributed by atoms with van der Waals surface area (Å²) in [6.07, 6.45) is 0. The van der Waals surface area contributed by atoms with Crippen LogP contribution in [0.4, 0.5) is 0 Å². The Morgan fingerprint density at radius 3 is 2.70 bits per heavy atom. The molecule has 1 amide bonds. The molecule has 0 aliphatic rings. The number of halogens is 1. The minimum absolute atomic E-state index is 0.0652. The van der Waals surface area contributed by atoms with Crippen LogP contribution < -0.4 is 10.9 Å². The minimum atomic E-state index is -0.437. The van der Waals surface area contributed by atoms with Crippen LogP contribution in [0.1, 0.15) is 25.0 Å². The average molecular weight is 294 g/mol.